The molecular weight excluding hydrogens is 404 g/mol. The number of anilines is 2. The first-order chi connectivity index (χ1) is 13.9. The van der Waals surface area contributed by atoms with E-state index in [2.05, 4.69) is 5.32 Å². The van der Waals surface area contributed by atoms with Gasteiger partial charge in [-0.25, -0.2) is 8.42 Å². The van der Waals surface area contributed by atoms with Crippen molar-refractivity contribution in [3.8, 4) is 5.75 Å². The van der Waals surface area contributed by atoms with Gasteiger partial charge in [0.2, 0.25) is 10.0 Å². The van der Waals surface area contributed by atoms with Crippen LogP contribution < -0.4 is 14.4 Å². The van der Waals surface area contributed by atoms with Crippen molar-refractivity contribution < 1.29 is 22.7 Å². The number of ketones is 1. The Morgan fingerprint density at radius 2 is 1.83 bits per heavy atom. The second-order valence-corrected chi connectivity index (χ2v) is 10.4. The molecule has 1 aliphatic heterocycles. The Kier molecular flexibility index (Phi) is 5.64. The Hall–Kier alpha value is -2.87. The summed E-state index contributed by atoms with van der Waals surface area (Å²) in [5.74, 6) is -0.279. The Bertz CT molecular complexity index is 1100. The maximum atomic E-state index is 12.8. The number of nitrogens with one attached hydrogen (secondary N) is 1. The molecule has 160 valence electrons. The fraction of sp³-hybridized carbons (Fsp3) is 0.364. The molecule has 1 N–H and O–H groups in total. The fourth-order valence-electron chi connectivity index (χ4n) is 3.21. The van der Waals surface area contributed by atoms with Crippen LogP contribution in [0.5, 0.6) is 5.75 Å². The van der Waals surface area contributed by atoms with E-state index in [1.165, 1.54) is 11.2 Å². The van der Waals surface area contributed by atoms with Crippen LogP contribution in [0.1, 0.15) is 43.6 Å². The molecule has 0 saturated heterocycles. The molecule has 1 atom stereocenters. The number of hydrogen-bond acceptors (Lipinski definition) is 5. The molecule has 3 rings (SSSR count). The Morgan fingerprint density at radius 1 is 1.13 bits per heavy atom. The van der Waals surface area contributed by atoms with Crippen molar-refractivity contribution in [1.29, 1.82) is 0 Å². The first-order valence-corrected chi connectivity index (χ1v) is 11.4. The zero-order valence-electron chi connectivity index (χ0n) is 17.7. The van der Waals surface area contributed by atoms with Gasteiger partial charge in [0.15, 0.2) is 11.9 Å². The van der Waals surface area contributed by atoms with E-state index in [4.69, 9.17) is 4.74 Å². The Balaban J connectivity index is 1.91. The summed E-state index contributed by atoms with van der Waals surface area (Å²) in [6.45, 7) is 7.41. The second-order valence-electron chi connectivity index (χ2n) is 8.46. The number of carbonyl (C=O) groups excluding carboxylic acids is 2. The summed E-state index contributed by atoms with van der Waals surface area (Å²) < 4.78 is 32.0. The molecule has 2 aromatic carbocycles. The minimum Gasteiger partial charge on any atom is -0.476 e. The summed E-state index contributed by atoms with van der Waals surface area (Å²) in [5, 5.41) is 2.71. The zero-order valence-corrected chi connectivity index (χ0v) is 18.5. The summed E-state index contributed by atoms with van der Waals surface area (Å²) in [4.78, 5) is 24.4. The normalized spacial score (nSPS) is 16.4. The van der Waals surface area contributed by atoms with E-state index in [-0.39, 0.29) is 17.7 Å². The molecule has 0 fully saturated rings. The molecular formula is C22H26N2O5S. The van der Waals surface area contributed by atoms with Crippen LogP contribution in [0.2, 0.25) is 0 Å². The monoisotopic (exact) mass is 430 g/mol. The maximum absolute atomic E-state index is 12.8. The van der Waals surface area contributed by atoms with Crippen molar-refractivity contribution >= 4 is 33.1 Å². The molecule has 1 aliphatic rings. The summed E-state index contributed by atoms with van der Waals surface area (Å²) >= 11 is 0. The Labute approximate surface area is 177 Å². The highest BCUT2D eigenvalue weighted by Gasteiger charge is 2.36. The lowest BCUT2D eigenvalue weighted by Crippen LogP contribution is -2.48. The number of benzene rings is 2. The number of fused-ring (bicyclic) bond motifs is 1. The molecule has 0 aromatic heterocycles. The minimum absolute atomic E-state index is 0.119. The van der Waals surface area contributed by atoms with Crippen molar-refractivity contribution in [3.63, 3.8) is 0 Å². The van der Waals surface area contributed by atoms with Crippen molar-refractivity contribution in [2.24, 2.45) is 0 Å². The van der Waals surface area contributed by atoms with Gasteiger partial charge in [0.05, 0.1) is 18.5 Å². The molecule has 8 heteroatoms. The molecule has 1 heterocycles. The molecule has 0 bridgehead atoms. The molecule has 30 heavy (non-hydrogen) atoms. The first kappa shape index (κ1) is 21.8. The van der Waals surface area contributed by atoms with Crippen LogP contribution in [0.4, 0.5) is 11.4 Å². The van der Waals surface area contributed by atoms with E-state index in [0.29, 0.717) is 22.7 Å². The van der Waals surface area contributed by atoms with Gasteiger partial charge in [0.1, 0.15) is 5.75 Å². The van der Waals surface area contributed by atoms with E-state index in [1.807, 2.05) is 26.8 Å². The third-order valence-electron chi connectivity index (χ3n) is 4.92. The van der Waals surface area contributed by atoms with Gasteiger partial charge in [-0.2, -0.15) is 0 Å². The molecule has 0 aliphatic carbocycles. The predicted octanol–water partition coefficient (Wildman–Crippen LogP) is 3.35. The molecule has 7 nitrogen and oxygen atoms in total. The highest BCUT2D eigenvalue weighted by molar-refractivity contribution is 7.92. The van der Waals surface area contributed by atoms with E-state index >= 15 is 0 Å². The van der Waals surface area contributed by atoms with Crippen molar-refractivity contribution in [2.75, 3.05) is 22.4 Å². The van der Waals surface area contributed by atoms with E-state index in [9.17, 15) is 18.0 Å². The van der Waals surface area contributed by atoms with Gasteiger partial charge in [0, 0.05) is 11.3 Å². The summed E-state index contributed by atoms with van der Waals surface area (Å²) in [6, 6.07) is 11.9. The average Bonchev–Trinajstić information content (AvgIpc) is 2.65. The maximum Gasteiger partial charge on any atom is 0.267 e. The minimum atomic E-state index is -3.63. The van der Waals surface area contributed by atoms with Gasteiger partial charge in [0.25, 0.3) is 5.91 Å². The number of rotatable bonds is 4. The van der Waals surface area contributed by atoms with Crippen LogP contribution >= 0.6 is 0 Å². The summed E-state index contributed by atoms with van der Waals surface area (Å²) in [5.41, 5.74) is 2.12. The fourth-order valence-corrected chi connectivity index (χ4v) is 4.11. The van der Waals surface area contributed by atoms with Gasteiger partial charge in [-0.05, 0) is 42.2 Å². The van der Waals surface area contributed by atoms with Crippen LogP contribution in [0.15, 0.2) is 42.5 Å². The summed E-state index contributed by atoms with van der Waals surface area (Å²) in [7, 11) is -3.63. The largest absolute Gasteiger partial charge is 0.476 e. The van der Waals surface area contributed by atoms with Gasteiger partial charge in [-0.1, -0.05) is 39.0 Å². The average molecular weight is 431 g/mol. The van der Waals surface area contributed by atoms with Gasteiger partial charge >= 0.3 is 0 Å². The number of hydrogen-bond donors (Lipinski definition) is 1. The van der Waals surface area contributed by atoms with Crippen molar-refractivity contribution in [2.45, 2.75) is 39.2 Å². The first-order valence-electron chi connectivity index (χ1n) is 9.57. The van der Waals surface area contributed by atoms with Gasteiger partial charge in [-0.15, -0.1) is 0 Å². The van der Waals surface area contributed by atoms with E-state index in [1.54, 1.807) is 36.4 Å². The third-order valence-corrected chi connectivity index (χ3v) is 6.07. The molecule has 0 radical (unpaired) electrons. The van der Waals surface area contributed by atoms with E-state index < -0.39 is 22.0 Å². The number of sulfonamides is 1. The van der Waals surface area contributed by atoms with Crippen LogP contribution in [0, 0.1) is 0 Å². The standard InChI is InChI=1S/C22H26N2O5S/c1-14(25)15-7-6-8-17(11-15)23-21(26)20-13-24(30(5,27)28)18-12-16(22(2,3)4)9-10-19(18)29-20/h6-12,20H,13H2,1-5H3,(H,23,26)/t20-/m1/s1. The van der Waals surface area contributed by atoms with Crippen LogP contribution in [0.3, 0.4) is 0 Å². The number of nitrogens with zero attached hydrogens (tertiary/aromatic N) is 1. The van der Waals surface area contributed by atoms with Gasteiger partial charge in [-0.3, -0.25) is 13.9 Å². The van der Waals surface area contributed by atoms with E-state index in [0.717, 1.165) is 11.8 Å². The number of Topliss-reactive ketones (excluding diaryl/α,β-unsaturated/α-hetero) is 1. The molecule has 1 amide bonds. The smallest absolute Gasteiger partial charge is 0.267 e. The number of ether oxygens (including phenoxy) is 1. The lowest BCUT2D eigenvalue weighted by atomic mass is 9.86. The quantitative estimate of drug-likeness (QED) is 0.751. The third kappa shape index (κ3) is 4.64. The van der Waals surface area contributed by atoms with Crippen LogP contribution in [-0.4, -0.2) is 39.0 Å². The molecule has 2 aromatic rings. The van der Waals surface area contributed by atoms with Gasteiger partial charge < -0.3 is 10.1 Å². The Morgan fingerprint density at radius 3 is 2.43 bits per heavy atom. The predicted molar refractivity (Wildman–Crippen MR) is 117 cm³/mol. The number of carbonyl (C=O) groups is 2. The second kappa shape index (κ2) is 7.75. The number of amides is 1. The van der Waals surface area contributed by atoms with Crippen LogP contribution in [-0.2, 0) is 20.2 Å². The highest BCUT2D eigenvalue weighted by Crippen LogP contribution is 2.38. The van der Waals surface area contributed by atoms with Crippen molar-refractivity contribution in [3.05, 3.63) is 53.6 Å². The van der Waals surface area contributed by atoms with Crippen molar-refractivity contribution in [1.82, 2.24) is 0 Å². The highest BCUT2D eigenvalue weighted by atomic mass is 32.2. The lowest BCUT2D eigenvalue weighted by Gasteiger charge is -2.35. The molecule has 0 spiro atoms. The van der Waals surface area contributed by atoms with Crippen LogP contribution in [0.25, 0.3) is 0 Å². The zero-order chi connectivity index (χ0) is 22.3. The molecule has 0 unspecified atom stereocenters. The topological polar surface area (TPSA) is 92.8 Å². The molecule has 0 saturated carbocycles. The summed E-state index contributed by atoms with van der Waals surface area (Å²) in [6.07, 6.45) is 0.0747. The lowest BCUT2D eigenvalue weighted by molar-refractivity contribution is -0.122. The SMILES string of the molecule is CC(=O)c1cccc(NC(=O)[C@H]2CN(S(C)(=O)=O)c3cc(C(C)(C)C)ccc3O2)c1.